The monoisotopic (exact) mass is 304 g/mol. The SMILES string of the molecule is COc1ccc(C)cc1C(Cc1cccc(Cl)c1)C(=O)O. The molecule has 0 saturated carbocycles. The van der Waals surface area contributed by atoms with Gasteiger partial charge >= 0.3 is 5.97 Å². The normalized spacial score (nSPS) is 12.0. The van der Waals surface area contributed by atoms with Crippen molar-refractivity contribution in [2.45, 2.75) is 19.3 Å². The first-order chi connectivity index (χ1) is 10.0. The Bertz CT molecular complexity index is 652. The molecule has 2 aromatic rings. The zero-order valence-corrected chi connectivity index (χ0v) is 12.7. The zero-order chi connectivity index (χ0) is 15.4. The summed E-state index contributed by atoms with van der Waals surface area (Å²) in [5.41, 5.74) is 2.58. The van der Waals surface area contributed by atoms with Crippen LogP contribution >= 0.6 is 11.6 Å². The van der Waals surface area contributed by atoms with Gasteiger partial charge in [-0.05, 0) is 37.1 Å². The molecule has 1 unspecified atom stereocenters. The van der Waals surface area contributed by atoms with Gasteiger partial charge in [0.25, 0.3) is 0 Å². The van der Waals surface area contributed by atoms with Crippen LogP contribution in [-0.4, -0.2) is 18.2 Å². The molecule has 1 atom stereocenters. The lowest BCUT2D eigenvalue weighted by Crippen LogP contribution is -2.15. The number of hydrogen-bond donors (Lipinski definition) is 1. The van der Waals surface area contributed by atoms with Crippen molar-refractivity contribution in [2.24, 2.45) is 0 Å². The highest BCUT2D eigenvalue weighted by Crippen LogP contribution is 2.31. The maximum Gasteiger partial charge on any atom is 0.311 e. The van der Waals surface area contributed by atoms with E-state index in [2.05, 4.69) is 0 Å². The number of hydrogen-bond acceptors (Lipinski definition) is 2. The second-order valence-corrected chi connectivity index (χ2v) is 5.41. The molecule has 0 bridgehead atoms. The fourth-order valence-corrected chi connectivity index (χ4v) is 2.57. The van der Waals surface area contributed by atoms with Crippen LogP contribution in [0.25, 0.3) is 0 Å². The summed E-state index contributed by atoms with van der Waals surface area (Å²) in [6.45, 7) is 1.93. The fraction of sp³-hybridized carbons (Fsp3) is 0.235. The first-order valence-corrected chi connectivity index (χ1v) is 7.01. The van der Waals surface area contributed by atoms with Crippen LogP contribution in [0.5, 0.6) is 5.75 Å². The van der Waals surface area contributed by atoms with Crippen molar-refractivity contribution >= 4 is 17.6 Å². The van der Waals surface area contributed by atoms with Crippen LogP contribution < -0.4 is 4.74 Å². The van der Waals surface area contributed by atoms with Crippen molar-refractivity contribution < 1.29 is 14.6 Å². The smallest absolute Gasteiger partial charge is 0.311 e. The highest BCUT2D eigenvalue weighted by atomic mass is 35.5. The lowest BCUT2D eigenvalue weighted by Gasteiger charge is -2.17. The summed E-state index contributed by atoms with van der Waals surface area (Å²) in [5.74, 6) is -0.952. The summed E-state index contributed by atoms with van der Waals surface area (Å²) in [4.78, 5) is 11.7. The van der Waals surface area contributed by atoms with E-state index in [9.17, 15) is 9.90 Å². The van der Waals surface area contributed by atoms with Gasteiger partial charge in [0.2, 0.25) is 0 Å². The Balaban J connectivity index is 2.40. The van der Waals surface area contributed by atoms with Crippen LogP contribution in [0, 0.1) is 6.92 Å². The van der Waals surface area contributed by atoms with E-state index >= 15 is 0 Å². The molecule has 0 aliphatic heterocycles. The predicted molar refractivity (Wildman–Crippen MR) is 83.3 cm³/mol. The molecular formula is C17H17ClO3. The summed E-state index contributed by atoms with van der Waals surface area (Å²) in [6, 6.07) is 12.8. The molecule has 0 amide bonds. The number of rotatable bonds is 5. The standard InChI is InChI=1S/C17H17ClO3/c1-11-6-7-16(21-2)14(8-11)15(17(19)20)10-12-4-3-5-13(18)9-12/h3-9,15H,10H2,1-2H3,(H,19,20). The number of halogens is 1. The third kappa shape index (κ3) is 3.76. The van der Waals surface area contributed by atoms with Crippen molar-refractivity contribution in [1.29, 1.82) is 0 Å². The Kier molecular flexibility index (Phi) is 4.86. The second-order valence-electron chi connectivity index (χ2n) is 4.97. The van der Waals surface area contributed by atoms with Gasteiger partial charge in [0.1, 0.15) is 5.75 Å². The van der Waals surface area contributed by atoms with Crippen molar-refractivity contribution in [3.05, 3.63) is 64.2 Å². The largest absolute Gasteiger partial charge is 0.496 e. The molecule has 3 nitrogen and oxygen atoms in total. The average Bonchev–Trinajstić information content (AvgIpc) is 2.44. The molecule has 0 spiro atoms. The van der Waals surface area contributed by atoms with Crippen LogP contribution in [0.15, 0.2) is 42.5 Å². The first kappa shape index (κ1) is 15.4. The molecule has 0 saturated heterocycles. The molecule has 2 rings (SSSR count). The average molecular weight is 305 g/mol. The van der Waals surface area contributed by atoms with E-state index < -0.39 is 11.9 Å². The maximum atomic E-state index is 11.7. The Morgan fingerprint density at radius 3 is 2.67 bits per heavy atom. The third-order valence-corrected chi connectivity index (χ3v) is 3.62. The summed E-state index contributed by atoms with van der Waals surface area (Å²) in [7, 11) is 1.55. The Hall–Kier alpha value is -2.00. The summed E-state index contributed by atoms with van der Waals surface area (Å²) in [5, 5.41) is 10.2. The zero-order valence-electron chi connectivity index (χ0n) is 12.0. The van der Waals surface area contributed by atoms with Gasteiger partial charge < -0.3 is 9.84 Å². The van der Waals surface area contributed by atoms with Crippen LogP contribution in [0.4, 0.5) is 0 Å². The maximum absolute atomic E-state index is 11.7. The number of carboxylic acid groups (broad SMARTS) is 1. The van der Waals surface area contributed by atoms with Crippen molar-refractivity contribution in [1.82, 2.24) is 0 Å². The minimum Gasteiger partial charge on any atom is -0.496 e. The first-order valence-electron chi connectivity index (χ1n) is 6.63. The van der Waals surface area contributed by atoms with E-state index in [0.29, 0.717) is 22.8 Å². The molecule has 0 aromatic heterocycles. The highest BCUT2D eigenvalue weighted by Gasteiger charge is 2.24. The molecule has 4 heteroatoms. The molecular weight excluding hydrogens is 288 g/mol. The van der Waals surface area contributed by atoms with Gasteiger partial charge in [-0.3, -0.25) is 4.79 Å². The number of aliphatic carboxylic acids is 1. The molecule has 0 fully saturated rings. The van der Waals surface area contributed by atoms with Crippen molar-refractivity contribution in [3.8, 4) is 5.75 Å². The fourth-order valence-electron chi connectivity index (χ4n) is 2.36. The summed E-state index contributed by atoms with van der Waals surface area (Å²) < 4.78 is 5.30. The second kappa shape index (κ2) is 6.64. The Morgan fingerprint density at radius 1 is 1.29 bits per heavy atom. The van der Waals surface area contributed by atoms with Crippen LogP contribution in [0.3, 0.4) is 0 Å². The summed E-state index contributed by atoms with van der Waals surface area (Å²) in [6.07, 6.45) is 0.371. The number of carbonyl (C=O) groups is 1. The molecule has 0 aliphatic carbocycles. The van der Waals surface area contributed by atoms with E-state index in [1.165, 1.54) is 0 Å². The lowest BCUT2D eigenvalue weighted by molar-refractivity contribution is -0.138. The van der Waals surface area contributed by atoms with Gasteiger partial charge in [-0.25, -0.2) is 0 Å². The van der Waals surface area contributed by atoms with Gasteiger partial charge in [-0.1, -0.05) is 41.4 Å². The van der Waals surface area contributed by atoms with Crippen molar-refractivity contribution in [2.75, 3.05) is 7.11 Å². The molecule has 21 heavy (non-hydrogen) atoms. The number of aryl methyl sites for hydroxylation is 1. The van der Waals surface area contributed by atoms with Crippen LogP contribution in [0.1, 0.15) is 22.6 Å². The number of ether oxygens (including phenoxy) is 1. The Morgan fingerprint density at radius 2 is 2.05 bits per heavy atom. The molecule has 110 valence electrons. The van der Waals surface area contributed by atoms with E-state index in [4.69, 9.17) is 16.3 Å². The van der Waals surface area contributed by atoms with Gasteiger partial charge in [-0.15, -0.1) is 0 Å². The van der Waals surface area contributed by atoms with Gasteiger partial charge in [0.05, 0.1) is 13.0 Å². The third-order valence-electron chi connectivity index (χ3n) is 3.39. The van der Waals surface area contributed by atoms with Gasteiger partial charge in [-0.2, -0.15) is 0 Å². The van der Waals surface area contributed by atoms with Gasteiger partial charge in [0.15, 0.2) is 0 Å². The van der Waals surface area contributed by atoms with Gasteiger partial charge in [0, 0.05) is 10.6 Å². The van der Waals surface area contributed by atoms with E-state index in [1.54, 1.807) is 25.3 Å². The van der Waals surface area contributed by atoms with E-state index in [1.807, 2.05) is 31.2 Å². The van der Waals surface area contributed by atoms with Crippen LogP contribution in [0.2, 0.25) is 5.02 Å². The number of carboxylic acids is 1. The Labute approximate surface area is 129 Å². The minimum absolute atomic E-state index is 0.371. The molecule has 0 aliphatic rings. The molecule has 0 radical (unpaired) electrons. The number of benzene rings is 2. The topological polar surface area (TPSA) is 46.5 Å². The molecule has 1 N–H and O–H groups in total. The summed E-state index contributed by atoms with van der Waals surface area (Å²) >= 11 is 5.97. The quantitative estimate of drug-likeness (QED) is 0.906. The van der Waals surface area contributed by atoms with E-state index in [-0.39, 0.29) is 0 Å². The highest BCUT2D eigenvalue weighted by molar-refractivity contribution is 6.30. The van der Waals surface area contributed by atoms with Crippen molar-refractivity contribution in [3.63, 3.8) is 0 Å². The van der Waals surface area contributed by atoms with Crippen LogP contribution in [-0.2, 0) is 11.2 Å². The lowest BCUT2D eigenvalue weighted by atomic mass is 9.90. The van der Waals surface area contributed by atoms with E-state index in [0.717, 1.165) is 11.1 Å². The molecule has 0 heterocycles. The number of methoxy groups -OCH3 is 1. The minimum atomic E-state index is -0.876. The predicted octanol–water partition coefficient (Wildman–Crippen LogP) is 4.07. The molecule has 2 aromatic carbocycles.